The van der Waals surface area contributed by atoms with E-state index in [4.69, 9.17) is 0 Å². The molecule has 0 aromatic heterocycles. The number of carbonyl (C=O) groups is 1. The van der Waals surface area contributed by atoms with Crippen molar-refractivity contribution < 1.29 is 4.79 Å². The van der Waals surface area contributed by atoms with Crippen molar-refractivity contribution in [2.24, 2.45) is 11.8 Å². The summed E-state index contributed by atoms with van der Waals surface area (Å²) in [5.74, 6) is 1.31. The smallest absolute Gasteiger partial charge is 0.252 e. The minimum absolute atomic E-state index is 0.0309. The largest absolute Gasteiger partial charge is 0.349 e. The van der Waals surface area contributed by atoms with Crippen molar-refractivity contribution in [3.63, 3.8) is 0 Å². The van der Waals surface area contributed by atoms with Crippen molar-refractivity contribution in [1.29, 1.82) is 0 Å². The highest BCUT2D eigenvalue weighted by molar-refractivity contribution is 9.10. The molecular weight excluding hydrogens is 278 g/mol. The molecule has 1 aromatic rings. The van der Waals surface area contributed by atoms with Crippen LogP contribution in [0.1, 0.15) is 37.0 Å². The molecule has 2 nitrogen and oxygen atoms in total. The van der Waals surface area contributed by atoms with Gasteiger partial charge in [-0.25, -0.2) is 0 Å². The highest BCUT2D eigenvalue weighted by Gasteiger charge is 2.31. The molecule has 1 aromatic carbocycles. The van der Waals surface area contributed by atoms with Crippen LogP contribution >= 0.6 is 15.9 Å². The molecule has 0 spiro atoms. The van der Waals surface area contributed by atoms with Crippen molar-refractivity contribution in [2.45, 2.75) is 32.7 Å². The van der Waals surface area contributed by atoms with Gasteiger partial charge in [0, 0.05) is 10.5 Å². The third-order valence-electron chi connectivity index (χ3n) is 3.90. The first-order valence-corrected chi connectivity index (χ1v) is 6.94. The summed E-state index contributed by atoms with van der Waals surface area (Å²) < 4.78 is 0.858. The molecule has 3 heteroatoms. The van der Waals surface area contributed by atoms with Crippen LogP contribution in [0.25, 0.3) is 0 Å². The highest BCUT2D eigenvalue weighted by atomic mass is 79.9. The minimum atomic E-state index is 0.0309. The predicted molar refractivity (Wildman–Crippen MR) is 73.0 cm³/mol. The molecule has 0 aliphatic heterocycles. The normalized spacial score (nSPS) is 28.1. The van der Waals surface area contributed by atoms with Gasteiger partial charge in [-0.15, -0.1) is 0 Å². The monoisotopic (exact) mass is 295 g/mol. The number of hydrogen-bond acceptors (Lipinski definition) is 1. The maximum Gasteiger partial charge on any atom is 0.252 e. The molecule has 92 valence electrons. The van der Waals surface area contributed by atoms with E-state index in [1.807, 2.05) is 24.3 Å². The summed E-state index contributed by atoms with van der Waals surface area (Å²) in [6, 6.07) is 7.88. The van der Waals surface area contributed by atoms with Crippen LogP contribution in [0.2, 0.25) is 0 Å². The number of halogens is 1. The Morgan fingerprint density at radius 1 is 1.29 bits per heavy atom. The van der Waals surface area contributed by atoms with Crippen LogP contribution in [0.3, 0.4) is 0 Å². The lowest BCUT2D eigenvalue weighted by Crippen LogP contribution is -2.37. The number of rotatable bonds is 2. The Hall–Kier alpha value is -0.830. The molecule has 1 N–H and O–H groups in total. The summed E-state index contributed by atoms with van der Waals surface area (Å²) in [5, 5.41) is 3.15. The number of amides is 1. The van der Waals surface area contributed by atoms with Crippen LogP contribution in [0, 0.1) is 11.8 Å². The van der Waals surface area contributed by atoms with E-state index in [0.29, 0.717) is 17.9 Å². The van der Waals surface area contributed by atoms with Gasteiger partial charge in [-0.2, -0.15) is 0 Å². The van der Waals surface area contributed by atoms with Crippen LogP contribution in [0.5, 0.6) is 0 Å². The Morgan fingerprint density at radius 3 is 2.59 bits per heavy atom. The second-order valence-corrected chi connectivity index (χ2v) is 5.83. The van der Waals surface area contributed by atoms with Gasteiger partial charge in [-0.1, -0.05) is 26.0 Å². The predicted octanol–water partition coefficient (Wildman–Crippen LogP) is 3.61. The van der Waals surface area contributed by atoms with E-state index in [1.165, 1.54) is 6.42 Å². The van der Waals surface area contributed by atoms with Crippen molar-refractivity contribution in [3.8, 4) is 0 Å². The first kappa shape index (κ1) is 12.6. The van der Waals surface area contributed by atoms with E-state index in [0.717, 1.165) is 16.5 Å². The van der Waals surface area contributed by atoms with Crippen LogP contribution in [-0.4, -0.2) is 11.9 Å². The summed E-state index contributed by atoms with van der Waals surface area (Å²) in [4.78, 5) is 12.1. The zero-order chi connectivity index (χ0) is 12.4. The van der Waals surface area contributed by atoms with Crippen molar-refractivity contribution in [2.75, 3.05) is 0 Å². The standard InChI is InChI=1S/C14H18BrNO/c1-9-7-8-13(10(9)2)16-14(17)11-5-3-4-6-12(11)15/h3-6,9-10,13H,7-8H2,1-2H3,(H,16,17). The van der Waals surface area contributed by atoms with E-state index < -0.39 is 0 Å². The average molecular weight is 296 g/mol. The number of benzene rings is 1. The zero-order valence-electron chi connectivity index (χ0n) is 10.2. The van der Waals surface area contributed by atoms with Crippen LogP contribution in [0.4, 0.5) is 0 Å². The fraction of sp³-hybridized carbons (Fsp3) is 0.500. The van der Waals surface area contributed by atoms with Gasteiger partial charge in [-0.3, -0.25) is 4.79 Å². The van der Waals surface area contributed by atoms with E-state index in [9.17, 15) is 4.79 Å². The van der Waals surface area contributed by atoms with Crippen molar-refractivity contribution >= 4 is 21.8 Å². The van der Waals surface area contributed by atoms with E-state index in [1.54, 1.807) is 0 Å². The highest BCUT2D eigenvalue weighted by Crippen LogP contribution is 2.31. The summed E-state index contributed by atoms with van der Waals surface area (Å²) in [6.45, 7) is 4.48. The molecule has 17 heavy (non-hydrogen) atoms. The number of nitrogens with one attached hydrogen (secondary N) is 1. The molecular formula is C14H18BrNO. The Balaban J connectivity index is 2.05. The molecule has 2 rings (SSSR count). The topological polar surface area (TPSA) is 29.1 Å². The van der Waals surface area contributed by atoms with Gasteiger partial charge in [0.25, 0.3) is 5.91 Å². The lowest BCUT2D eigenvalue weighted by Gasteiger charge is -2.20. The fourth-order valence-corrected chi connectivity index (χ4v) is 2.92. The summed E-state index contributed by atoms with van der Waals surface area (Å²) >= 11 is 3.41. The Bertz CT molecular complexity index is 418. The molecule has 0 radical (unpaired) electrons. The Labute approximate surface area is 111 Å². The van der Waals surface area contributed by atoms with Gasteiger partial charge in [0.15, 0.2) is 0 Å². The summed E-state index contributed by atoms with van der Waals surface area (Å²) in [5.41, 5.74) is 0.722. The molecule has 1 aliphatic carbocycles. The van der Waals surface area contributed by atoms with Crippen molar-refractivity contribution in [1.82, 2.24) is 5.32 Å². The Morgan fingerprint density at radius 2 is 2.00 bits per heavy atom. The maximum absolute atomic E-state index is 12.1. The van der Waals surface area contributed by atoms with Gasteiger partial charge in [-0.05, 0) is 52.7 Å². The van der Waals surface area contributed by atoms with Crippen LogP contribution in [0.15, 0.2) is 28.7 Å². The second-order valence-electron chi connectivity index (χ2n) is 4.97. The van der Waals surface area contributed by atoms with Crippen molar-refractivity contribution in [3.05, 3.63) is 34.3 Å². The SMILES string of the molecule is CC1CCC(NC(=O)c2ccccc2Br)C1C. The van der Waals surface area contributed by atoms with Crippen LogP contribution in [-0.2, 0) is 0 Å². The first-order chi connectivity index (χ1) is 8.09. The molecule has 3 unspecified atom stereocenters. The van der Waals surface area contributed by atoms with Gasteiger partial charge >= 0.3 is 0 Å². The fourth-order valence-electron chi connectivity index (χ4n) is 2.46. The van der Waals surface area contributed by atoms with E-state index in [-0.39, 0.29) is 5.91 Å². The minimum Gasteiger partial charge on any atom is -0.349 e. The molecule has 1 aliphatic rings. The summed E-state index contributed by atoms with van der Waals surface area (Å²) in [6.07, 6.45) is 2.31. The Kier molecular flexibility index (Phi) is 3.87. The molecule has 1 amide bonds. The third kappa shape index (κ3) is 2.71. The molecule has 1 saturated carbocycles. The first-order valence-electron chi connectivity index (χ1n) is 6.15. The molecule has 0 heterocycles. The number of carbonyl (C=O) groups excluding carboxylic acids is 1. The molecule has 1 fully saturated rings. The van der Waals surface area contributed by atoms with Gasteiger partial charge < -0.3 is 5.32 Å². The van der Waals surface area contributed by atoms with Gasteiger partial charge in [0.2, 0.25) is 0 Å². The molecule has 3 atom stereocenters. The second kappa shape index (κ2) is 5.21. The lowest BCUT2D eigenvalue weighted by molar-refractivity contribution is 0.0926. The maximum atomic E-state index is 12.1. The summed E-state index contributed by atoms with van der Waals surface area (Å²) in [7, 11) is 0. The van der Waals surface area contributed by atoms with E-state index >= 15 is 0 Å². The third-order valence-corrected chi connectivity index (χ3v) is 4.59. The zero-order valence-corrected chi connectivity index (χ0v) is 11.8. The molecule has 0 saturated heterocycles. The van der Waals surface area contributed by atoms with E-state index in [2.05, 4.69) is 35.1 Å². The lowest BCUT2D eigenvalue weighted by atomic mass is 9.97. The molecule has 0 bridgehead atoms. The van der Waals surface area contributed by atoms with Gasteiger partial charge in [0.05, 0.1) is 5.56 Å². The number of hydrogen-bond donors (Lipinski definition) is 1. The van der Waals surface area contributed by atoms with Gasteiger partial charge in [0.1, 0.15) is 0 Å². The quantitative estimate of drug-likeness (QED) is 0.887. The van der Waals surface area contributed by atoms with Crippen LogP contribution < -0.4 is 5.32 Å². The average Bonchev–Trinajstić information content (AvgIpc) is 2.61.